The second kappa shape index (κ2) is 9.69. The number of esters is 1. The molecule has 1 aliphatic heterocycles. The number of ketones is 1. The van der Waals surface area contributed by atoms with E-state index in [-0.39, 0.29) is 30.0 Å². The maximum atomic E-state index is 13.0. The molecule has 0 aromatic rings. The van der Waals surface area contributed by atoms with Crippen molar-refractivity contribution in [3.8, 4) is 0 Å². The molecule has 9 atom stereocenters. The maximum absolute atomic E-state index is 13.0. The van der Waals surface area contributed by atoms with Crippen LogP contribution in [0.25, 0.3) is 0 Å². The molecule has 34 heavy (non-hydrogen) atoms. The Morgan fingerprint density at radius 3 is 2.53 bits per heavy atom. The van der Waals surface area contributed by atoms with Gasteiger partial charge in [-0.25, -0.2) is 4.79 Å². The summed E-state index contributed by atoms with van der Waals surface area (Å²) in [4.78, 5) is 24.5. The van der Waals surface area contributed by atoms with Crippen molar-refractivity contribution in [2.24, 2.45) is 40.4 Å². The minimum Gasteiger partial charge on any atom is -0.455 e. The lowest BCUT2D eigenvalue weighted by Gasteiger charge is -2.61. The fourth-order valence-electron chi connectivity index (χ4n) is 9.21. The van der Waals surface area contributed by atoms with Crippen LogP contribution in [0.1, 0.15) is 90.9 Å². The zero-order chi connectivity index (χ0) is 23.9. The molecule has 4 aliphatic carbocycles. The number of ether oxygens (including phenoxy) is 3. The van der Waals surface area contributed by atoms with Gasteiger partial charge in [-0.15, -0.1) is 0 Å². The molecule has 0 amide bonds. The average molecular weight is 473 g/mol. The minimum atomic E-state index is -0.502. The highest BCUT2D eigenvalue weighted by atomic mass is 16.7. The smallest absolute Gasteiger partial charge is 0.330 e. The fraction of sp³-hybridized carbons (Fsp3) is 0.862. The maximum Gasteiger partial charge on any atom is 0.330 e. The fourth-order valence-corrected chi connectivity index (χ4v) is 9.21. The average Bonchev–Trinajstić information content (AvgIpc) is 3.20. The highest BCUT2D eigenvalue weighted by molar-refractivity contribution is 5.88. The number of hydrogen-bond acceptors (Lipinski definition) is 5. The van der Waals surface area contributed by atoms with Crippen LogP contribution in [0.4, 0.5) is 0 Å². The van der Waals surface area contributed by atoms with Crippen LogP contribution in [0.15, 0.2) is 12.7 Å². The molecule has 4 saturated carbocycles. The molecule has 5 fully saturated rings. The Bertz CT molecular complexity index is 787. The van der Waals surface area contributed by atoms with Crippen LogP contribution in [0, 0.1) is 40.4 Å². The molecule has 0 radical (unpaired) electrons. The largest absolute Gasteiger partial charge is 0.455 e. The van der Waals surface area contributed by atoms with Crippen LogP contribution in [0.3, 0.4) is 0 Å². The minimum absolute atomic E-state index is 0.0218. The molecular weight excluding hydrogens is 428 g/mol. The summed E-state index contributed by atoms with van der Waals surface area (Å²) in [5.74, 6) is 2.51. The number of fused-ring (bicyclic) bond motifs is 5. The number of carbonyl (C=O) groups excluding carboxylic acids is 2. The second-order valence-corrected chi connectivity index (χ2v) is 12.4. The Balaban J connectivity index is 1.23. The summed E-state index contributed by atoms with van der Waals surface area (Å²) in [7, 11) is 0. The molecule has 190 valence electrons. The van der Waals surface area contributed by atoms with Gasteiger partial charge in [0.05, 0.1) is 6.10 Å². The molecule has 5 aliphatic rings. The van der Waals surface area contributed by atoms with E-state index in [4.69, 9.17) is 14.2 Å². The van der Waals surface area contributed by atoms with E-state index in [2.05, 4.69) is 20.4 Å². The van der Waals surface area contributed by atoms with Crippen LogP contribution >= 0.6 is 0 Å². The third-order valence-corrected chi connectivity index (χ3v) is 11.0. The van der Waals surface area contributed by atoms with E-state index in [9.17, 15) is 9.59 Å². The molecule has 0 bridgehead atoms. The third-order valence-electron chi connectivity index (χ3n) is 11.0. The zero-order valence-corrected chi connectivity index (χ0v) is 21.3. The second-order valence-electron chi connectivity index (χ2n) is 12.4. The number of Topliss-reactive ketones (excluding diaryl/α,β-unsaturated/α-hetero) is 1. The summed E-state index contributed by atoms with van der Waals surface area (Å²) in [5.41, 5.74) is 0.458. The Hall–Kier alpha value is -1.20. The summed E-state index contributed by atoms with van der Waals surface area (Å²) in [6, 6.07) is 0. The Labute approximate surface area is 205 Å². The van der Waals surface area contributed by atoms with Gasteiger partial charge >= 0.3 is 5.97 Å². The van der Waals surface area contributed by atoms with E-state index in [1.165, 1.54) is 44.9 Å². The highest BCUT2D eigenvalue weighted by Gasteiger charge is 2.61. The van der Waals surface area contributed by atoms with E-state index < -0.39 is 5.97 Å². The van der Waals surface area contributed by atoms with Crippen LogP contribution in [-0.4, -0.2) is 37.4 Å². The van der Waals surface area contributed by atoms with Crippen molar-refractivity contribution >= 4 is 11.8 Å². The molecule has 0 aromatic heterocycles. The quantitative estimate of drug-likeness (QED) is 0.275. The van der Waals surface area contributed by atoms with Crippen molar-refractivity contribution in [2.45, 2.75) is 103 Å². The standard InChI is InChI=1S/C29H44O5/c1-4-26(31)33-18-25(30)24-11-10-22-21-9-8-19-17-20(34-27-7-5-6-16-32-27)12-14-28(19,2)23(21)13-15-29(22,24)3/h4,19-24,27H,1,5-18H2,2-3H3/t19-,20+,21+,22-,23-,24+,27+,28-,29-/m0/s1. The molecule has 1 heterocycles. The van der Waals surface area contributed by atoms with Gasteiger partial charge in [0.1, 0.15) is 0 Å². The predicted molar refractivity (Wildman–Crippen MR) is 130 cm³/mol. The van der Waals surface area contributed by atoms with Crippen molar-refractivity contribution in [1.82, 2.24) is 0 Å². The molecule has 5 heteroatoms. The summed E-state index contributed by atoms with van der Waals surface area (Å²) >= 11 is 0. The monoisotopic (exact) mass is 472 g/mol. The van der Waals surface area contributed by atoms with Crippen LogP contribution in [-0.2, 0) is 23.8 Å². The van der Waals surface area contributed by atoms with Gasteiger partial charge in [0, 0.05) is 18.6 Å². The van der Waals surface area contributed by atoms with Gasteiger partial charge < -0.3 is 14.2 Å². The Morgan fingerprint density at radius 1 is 0.971 bits per heavy atom. The first-order chi connectivity index (χ1) is 16.3. The van der Waals surface area contributed by atoms with Crippen LogP contribution in [0.5, 0.6) is 0 Å². The van der Waals surface area contributed by atoms with Gasteiger partial charge in [-0.2, -0.15) is 0 Å². The first kappa shape index (κ1) is 24.5. The van der Waals surface area contributed by atoms with Crippen LogP contribution in [0.2, 0.25) is 0 Å². The van der Waals surface area contributed by atoms with Crippen molar-refractivity contribution < 1.29 is 23.8 Å². The molecule has 0 N–H and O–H groups in total. The SMILES string of the molecule is C=CC(=O)OCC(=O)[C@H]1CC[C@H]2[C@H]3CC[C@H]4C[C@H](O[C@@H]5CCCCO5)CC[C@]4(C)[C@H]3CC[C@]12C. The summed E-state index contributed by atoms with van der Waals surface area (Å²) in [6.07, 6.45) is 15.6. The predicted octanol–water partition coefficient (Wildman–Crippen LogP) is 5.86. The number of hydrogen-bond donors (Lipinski definition) is 0. The van der Waals surface area contributed by atoms with E-state index in [1.807, 2.05) is 0 Å². The van der Waals surface area contributed by atoms with Gasteiger partial charge in [0.2, 0.25) is 0 Å². The van der Waals surface area contributed by atoms with Gasteiger partial charge in [-0.3, -0.25) is 4.79 Å². The molecule has 5 rings (SSSR count). The van der Waals surface area contributed by atoms with Crippen molar-refractivity contribution in [2.75, 3.05) is 13.2 Å². The lowest BCUT2D eigenvalue weighted by Crippen LogP contribution is -2.54. The highest BCUT2D eigenvalue weighted by Crippen LogP contribution is 2.67. The molecular formula is C29H44O5. The van der Waals surface area contributed by atoms with Crippen molar-refractivity contribution in [1.29, 1.82) is 0 Å². The molecule has 0 aromatic carbocycles. The summed E-state index contributed by atoms with van der Waals surface area (Å²) in [5, 5.41) is 0. The Morgan fingerprint density at radius 2 is 1.76 bits per heavy atom. The summed E-state index contributed by atoms with van der Waals surface area (Å²) < 4.78 is 17.4. The molecule has 5 nitrogen and oxygen atoms in total. The van der Waals surface area contributed by atoms with E-state index in [1.54, 1.807) is 0 Å². The number of carbonyl (C=O) groups is 2. The first-order valence-corrected chi connectivity index (χ1v) is 13.9. The third kappa shape index (κ3) is 4.30. The Kier molecular flexibility index (Phi) is 6.98. The van der Waals surface area contributed by atoms with E-state index in [0.29, 0.717) is 17.4 Å². The van der Waals surface area contributed by atoms with E-state index >= 15 is 0 Å². The van der Waals surface area contributed by atoms with Gasteiger partial charge in [0.15, 0.2) is 18.7 Å². The van der Waals surface area contributed by atoms with Gasteiger partial charge in [0.25, 0.3) is 0 Å². The molecule has 1 saturated heterocycles. The normalized spacial score (nSPS) is 46.0. The lowest BCUT2D eigenvalue weighted by atomic mass is 9.44. The van der Waals surface area contributed by atoms with Gasteiger partial charge in [-0.1, -0.05) is 20.4 Å². The molecule has 0 unspecified atom stereocenters. The topological polar surface area (TPSA) is 61.8 Å². The van der Waals surface area contributed by atoms with Crippen molar-refractivity contribution in [3.05, 3.63) is 12.7 Å². The first-order valence-electron chi connectivity index (χ1n) is 13.9. The molecule has 0 spiro atoms. The number of rotatable bonds is 6. The van der Waals surface area contributed by atoms with Gasteiger partial charge in [-0.05, 0) is 112 Å². The zero-order valence-electron chi connectivity index (χ0n) is 21.3. The van der Waals surface area contributed by atoms with Crippen LogP contribution < -0.4 is 0 Å². The summed E-state index contributed by atoms with van der Waals surface area (Å²) in [6.45, 7) is 9.13. The van der Waals surface area contributed by atoms with E-state index in [0.717, 1.165) is 62.5 Å². The van der Waals surface area contributed by atoms with Crippen molar-refractivity contribution in [3.63, 3.8) is 0 Å². The lowest BCUT2D eigenvalue weighted by molar-refractivity contribution is -0.212.